The van der Waals surface area contributed by atoms with Crippen LogP contribution in [0.4, 0.5) is 28.4 Å². The topological polar surface area (TPSA) is 117 Å². The van der Waals surface area contributed by atoms with Crippen LogP contribution in [-0.2, 0) is 32.9 Å². The molecule has 1 fully saturated rings. The van der Waals surface area contributed by atoms with Gasteiger partial charge >= 0.3 is 18.3 Å². The first-order valence-electron chi connectivity index (χ1n) is 12.6. The number of urea groups is 1. The van der Waals surface area contributed by atoms with Crippen molar-refractivity contribution in [2.75, 3.05) is 25.5 Å². The number of nitrogens with zero attached hydrogens (tertiary/aromatic N) is 2. The molecule has 14 heteroatoms. The Bertz CT molecular complexity index is 1390. The zero-order valence-corrected chi connectivity index (χ0v) is 22.8. The van der Waals surface area contributed by atoms with Crippen LogP contribution in [-0.4, -0.2) is 66.2 Å². The van der Waals surface area contributed by atoms with Crippen molar-refractivity contribution in [2.45, 2.75) is 57.5 Å². The van der Waals surface area contributed by atoms with E-state index in [0.717, 1.165) is 10.4 Å². The van der Waals surface area contributed by atoms with Crippen molar-refractivity contribution in [2.24, 2.45) is 0 Å². The van der Waals surface area contributed by atoms with Crippen molar-refractivity contribution in [3.63, 3.8) is 0 Å². The van der Waals surface area contributed by atoms with E-state index in [1.807, 2.05) is 6.92 Å². The van der Waals surface area contributed by atoms with Crippen LogP contribution in [0.2, 0.25) is 0 Å². The molecule has 1 aromatic heterocycles. The largest absolute Gasteiger partial charge is 0.490 e. The molecule has 40 heavy (non-hydrogen) atoms. The fourth-order valence-electron chi connectivity index (χ4n) is 5.38. The van der Waals surface area contributed by atoms with Crippen LogP contribution in [0.1, 0.15) is 39.3 Å². The van der Waals surface area contributed by atoms with Crippen molar-refractivity contribution in [1.82, 2.24) is 15.1 Å². The molecule has 10 nitrogen and oxygen atoms in total. The normalized spacial score (nSPS) is 22.3. The van der Waals surface area contributed by atoms with Gasteiger partial charge in [0.2, 0.25) is 11.8 Å². The van der Waals surface area contributed by atoms with E-state index in [0.29, 0.717) is 50.1 Å². The number of fused-ring (bicyclic) bond motifs is 3. The summed E-state index contributed by atoms with van der Waals surface area (Å²) in [7, 11) is 1.48. The smallest absolute Gasteiger partial charge is 0.417 e. The van der Waals surface area contributed by atoms with Crippen molar-refractivity contribution < 1.29 is 41.8 Å². The lowest BCUT2D eigenvalue weighted by atomic mass is 9.90. The Morgan fingerprint density at radius 2 is 1.98 bits per heavy atom. The molecule has 1 saturated heterocycles. The summed E-state index contributed by atoms with van der Waals surface area (Å²) in [5.74, 6) is -1.43. The highest BCUT2D eigenvalue weighted by molar-refractivity contribution is 7.12. The lowest BCUT2D eigenvalue weighted by molar-refractivity contribution is -0.196. The Hall–Kier alpha value is -3.81. The predicted octanol–water partition coefficient (Wildman–Crippen LogP) is 3.98. The summed E-state index contributed by atoms with van der Waals surface area (Å²) >= 11 is 1.24. The maximum atomic E-state index is 14.0. The lowest BCUT2D eigenvalue weighted by Gasteiger charge is -2.39. The number of benzene rings is 1. The fraction of sp³-hybridized carbons (Fsp3) is 0.462. The number of hydrogen-bond acceptors (Lipinski definition) is 7. The first kappa shape index (κ1) is 27.7. The number of halogens is 3. The first-order valence-corrected chi connectivity index (χ1v) is 13.4. The van der Waals surface area contributed by atoms with Gasteiger partial charge in [0.25, 0.3) is 0 Å². The molecular weight excluding hydrogens is 553 g/mol. The Morgan fingerprint density at radius 1 is 1.23 bits per heavy atom. The molecule has 2 N–H and O–H groups in total. The van der Waals surface area contributed by atoms with E-state index in [-0.39, 0.29) is 13.0 Å². The second-order valence-corrected chi connectivity index (χ2v) is 11.3. The van der Waals surface area contributed by atoms with Crippen molar-refractivity contribution in [1.29, 1.82) is 0 Å². The molecule has 0 bridgehead atoms. The number of carbonyl (C=O) groups excluding carboxylic acids is 4. The third kappa shape index (κ3) is 4.84. The molecule has 2 aromatic rings. The van der Waals surface area contributed by atoms with Gasteiger partial charge in [-0.2, -0.15) is 13.2 Å². The molecule has 5 amide bonds. The van der Waals surface area contributed by atoms with E-state index in [2.05, 4.69) is 10.6 Å². The minimum absolute atomic E-state index is 0.263. The number of anilines is 1. The number of aryl methyl sites for hydroxylation is 2. The Morgan fingerprint density at radius 3 is 2.65 bits per heavy atom. The molecule has 0 unspecified atom stereocenters. The van der Waals surface area contributed by atoms with Crippen LogP contribution in [0.5, 0.6) is 5.75 Å². The van der Waals surface area contributed by atoms with Gasteiger partial charge in [-0.3, -0.25) is 9.59 Å². The van der Waals surface area contributed by atoms with Crippen molar-refractivity contribution in [3.8, 4) is 5.75 Å². The number of amides is 5. The summed E-state index contributed by atoms with van der Waals surface area (Å²) < 4.78 is 53.1. The van der Waals surface area contributed by atoms with Gasteiger partial charge in [-0.15, -0.1) is 11.3 Å². The van der Waals surface area contributed by atoms with Gasteiger partial charge in [0.15, 0.2) is 6.04 Å². The second kappa shape index (κ2) is 9.98. The van der Waals surface area contributed by atoms with Crippen LogP contribution in [0.25, 0.3) is 0 Å². The summed E-state index contributed by atoms with van der Waals surface area (Å²) in [6.07, 6.45) is -5.36. The average molecular weight is 581 g/mol. The lowest BCUT2D eigenvalue weighted by Crippen LogP contribution is -2.57. The zero-order chi connectivity index (χ0) is 29.0. The molecule has 2 atom stereocenters. The maximum Gasteiger partial charge on any atom is 0.417 e. The molecule has 1 aromatic carbocycles. The standard InChI is InChI=1S/C26H27F3N4O6S/c1-13-14(2)40-18-10-32(19(26(27,28)29)12-38-22(13)18)21(35)11-33-20(34)9-25(39-24(33)37)7-6-15-8-16(4-5-17(15)25)31-23(36)30-3/h4-5,8,19H,6-7,9-12H2,1-3H3,(H2,30,31,36)/t19-,25+/m0/s1. The van der Waals surface area contributed by atoms with E-state index < -0.39 is 54.9 Å². The van der Waals surface area contributed by atoms with Gasteiger partial charge in [-0.25, -0.2) is 14.5 Å². The molecule has 5 rings (SSSR count). The summed E-state index contributed by atoms with van der Waals surface area (Å²) in [6, 6.07) is 2.37. The van der Waals surface area contributed by atoms with Gasteiger partial charge in [0, 0.05) is 23.2 Å². The van der Waals surface area contributed by atoms with E-state index in [1.54, 1.807) is 25.1 Å². The quantitative estimate of drug-likeness (QED) is 0.568. The Balaban J connectivity index is 1.34. The van der Waals surface area contributed by atoms with Crippen LogP contribution < -0.4 is 15.4 Å². The second-order valence-electron chi connectivity index (χ2n) is 10.0. The molecule has 0 radical (unpaired) electrons. The highest BCUT2D eigenvalue weighted by Crippen LogP contribution is 2.46. The maximum absolute atomic E-state index is 14.0. The zero-order valence-electron chi connectivity index (χ0n) is 21.9. The molecule has 1 spiro atoms. The molecule has 3 heterocycles. The van der Waals surface area contributed by atoms with Crippen LogP contribution >= 0.6 is 11.3 Å². The Labute approximate surface area is 231 Å². The molecule has 3 aliphatic rings. The number of imide groups is 1. The van der Waals surface area contributed by atoms with Gasteiger partial charge in [-0.1, -0.05) is 6.07 Å². The van der Waals surface area contributed by atoms with E-state index in [4.69, 9.17) is 9.47 Å². The van der Waals surface area contributed by atoms with Crippen LogP contribution in [0.3, 0.4) is 0 Å². The highest BCUT2D eigenvalue weighted by atomic mass is 32.1. The van der Waals surface area contributed by atoms with Crippen LogP contribution in [0, 0.1) is 13.8 Å². The van der Waals surface area contributed by atoms with Gasteiger partial charge < -0.3 is 25.0 Å². The number of hydrogen-bond donors (Lipinski definition) is 2. The highest BCUT2D eigenvalue weighted by Gasteiger charge is 2.52. The minimum atomic E-state index is -4.79. The molecule has 0 saturated carbocycles. The molecule has 2 aliphatic heterocycles. The predicted molar refractivity (Wildman–Crippen MR) is 137 cm³/mol. The summed E-state index contributed by atoms with van der Waals surface area (Å²) in [5, 5.41) is 5.10. The molecule has 1 aliphatic carbocycles. The third-order valence-electron chi connectivity index (χ3n) is 7.59. The van der Waals surface area contributed by atoms with E-state index in [9.17, 15) is 32.3 Å². The summed E-state index contributed by atoms with van der Waals surface area (Å²) in [4.78, 5) is 53.6. The fourth-order valence-corrected chi connectivity index (χ4v) is 6.50. The average Bonchev–Trinajstić information content (AvgIpc) is 3.26. The number of ether oxygens (including phenoxy) is 2. The SMILES string of the molecule is CNC(=O)Nc1ccc2c(c1)CC[C@@]21CC(=O)N(CC(=O)N2Cc3sc(C)c(C)c3OC[C@H]2C(F)(F)F)C(=O)O1. The number of alkyl halides is 3. The van der Waals surface area contributed by atoms with Crippen molar-refractivity contribution in [3.05, 3.63) is 44.6 Å². The summed E-state index contributed by atoms with van der Waals surface area (Å²) in [6.45, 7) is 1.50. The van der Waals surface area contributed by atoms with Crippen molar-refractivity contribution >= 4 is 41.0 Å². The number of carbonyl (C=O) groups is 4. The Kier molecular flexibility index (Phi) is 6.92. The summed E-state index contributed by atoms with van der Waals surface area (Å²) in [5.41, 5.74) is 1.38. The van der Waals surface area contributed by atoms with Crippen LogP contribution in [0.15, 0.2) is 18.2 Å². The monoisotopic (exact) mass is 580 g/mol. The van der Waals surface area contributed by atoms with E-state index >= 15 is 0 Å². The van der Waals surface area contributed by atoms with Gasteiger partial charge in [0.1, 0.15) is 24.5 Å². The number of nitrogens with one attached hydrogen (secondary N) is 2. The van der Waals surface area contributed by atoms with E-state index in [1.165, 1.54) is 18.4 Å². The first-order chi connectivity index (χ1) is 18.8. The molecular formula is C26H27F3N4O6S. The molecule has 214 valence electrons. The van der Waals surface area contributed by atoms with Gasteiger partial charge in [0.05, 0.1) is 17.8 Å². The number of rotatable bonds is 3. The third-order valence-corrected chi connectivity index (χ3v) is 8.76. The van der Waals surface area contributed by atoms with Gasteiger partial charge in [-0.05, 0) is 49.9 Å². The minimum Gasteiger partial charge on any atom is -0.490 e. The number of thiophene rings is 1.